The second-order valence-electron chi connectivity index (χ2n) is 12.9. The molecule has 3 rings (SSSR count). The Labute approximate surface area is 219 Å². The van der Waals surface area contributed by atoms with Crippen molar-refractivity contribution in [2.45, 2.75) is 174 Å². The van der Waals surface area contributed by atoms with E-state index in [0.717, 1.165) is 31.1 Å². The van der Waals surface area contributed by atoms with Crippen LogP contribution in [0.1, 0.15) is 174 Å². The summed E-state index contributed by atoms with van der Waals surface area (Å²) >= 11 is 0. The van der Waals surface area contributed by atoms with Crippen molar-refractivity contribution >= 4 is 5.97 Å². The molecule has 3 aliphatic carbocycles. The number of rotatable bonds is 15. The molecule has 0 saturated heterocycles. The first kappa shape index (κ1) is 29.0. The van der Waals surface area contributed by atoms with E-state index in [9.17, 15) is 4.79 Å². The van der Waals surface area contributed by atoms with E-state index >= 15 is 0 Å². The van der Waals surface area contributed by atoms with Gasteiger partial charge in [0, 0.05) is 0 Å². The van der Waals surface area contributed by atoms with Crippen LogP contribution in [0.4, 0.5) is 0 Å². The van der Waals surface area contributed by atoms with Gasteiger partial charge in [0.1, 0.15) is 0 Å². The summed E-state index contributed by atoms with van der Waals surface area (Å²) in [4.78, 5) is 14.0. The molecule has 0 bridgehead atoms. The van der Waals surface area contributed by atoms with Crippen LogP contribution in [0.5, 0.6) is 0 Å². The fourth-order valence-electron chi connectivity index (χ4n) is 8.42. The zero-order chi connectivity index (χ0) is 24.8. The highest BCUT2D eigenvalue weighted by Crippen LogP contribution is 2.61. The van der Waals surface area contributed by atoms with Crippen LogP contribution in [0.15, 0.2) is 0 Å². The highest BCUT2D eigenvalue weighted by Gasteiger charge is 2.57. The van der Waals surface area contributed by atoms with Crippen LogP contribution in [-0.2, 0) is 9.53 Å². The molecular formula is C33H60O2. The van der Waals surface area contributed by atoms with Crippen molar-refractivity contribution in [2.75, 3.05) is 6.61 Å². The van der Waals surface area contributed by atoms with Crippen molar-refractivity contribution in [1.82, 2.24) is 0 Å². The van der Waals surface area contributed by atoms with Gasteiger partial charge >= 0.3 is 5.97 Å². The molecule has 0 aromatic rings. The fraction of sp³-hybridized carbons (Fsp3) is 0.970. The summed E-state index contributed by atoms with van der Waals surface area (Å²) in [5, 5.41) is 0. The van der Waals surface area contributed by atoms with Gasteiger partial charge in [-0.25, -0.2) is 0 Å². The lowest BCUT2D eigenvalue weighted by Gasteiger charge is -2.55. The molecule has 0 aliphatic heterocycles. The Hall–Kier alpha value is -0.530. The van der Waals surface area contributed by atoms with Crippen LogP contribution in [0, 0.1) is 22.7 Å². The third kappa shape index (κ3) is 7.98. The first-order valence-electron chi connectivity index (χ1n) is 16.3. The molecule has 3 aliphatic rings. The minimum absolute atomic E-state index is 0.183. The monoisotopic (exact) mass is 488 g/mol. The second-order valence-corrected chi connectivity index (χ2v) is 12.9. The predicted molar refractivity (Wildman–Crippen MR) is 150 cm³/mol. The number of esters is 1. The van der Waals surface area contributed by atoms with Crippen molar-refractivity contribution in [3.8, 4) is 0 Å². The summed E-state index contributed by atoms with van der Waals surface area (Å²) in [7, 11) is 0. The van der Waals surface area contributed by atoms with Crippen molar-refractivity contribution in [2.24, 2.45) is 22.7 Å². The Balaban J connectivity index is 1.63. The van der Waals surface area contributed by atoms with Gasteiger partial charge in [-0.1, -0.05) is 123 Å². The van der Waals surface area contributed by atoms with Gasteiger partial charge < -0.3 is 4.74 Å². The molecule has 3 fully saturated rings. The molecule has 0 N–H and O–H groups in total. The van der Waals surface area contributed by atoms with Gasteiger partial charge in [0.15, 0.2) is 0 Å². The maximum Gasteiger partial charge on any atom is 0.312 e. The van der Waals surface area contributed by atoms with E-state index in [1.807, 2.05) is 0 Å². The highest BCUT2D eigenvalue weighted by atomic mass is 16.5. The first-order valence-corrected chi connectivity index (χ1v) is 16.3. The minimum Gasteiger partial charge on any atom is -0.465 e. The molecule has 35 heavy (non-hydrogen) atoms. The number of ether oxygens (including phenoxy) is 1. The molecule has 0 aromatic carbocycles. The maximum atomic E-state index is 14.0. The molecule has 0 unspecified atom stereocenters. The Bertz CT molecular complexity index is 562. The zero-order valence-corrected chi connectivity index (χ0v) is 23.9. The van der Waals surface area contributed by atoms with Crippen LogP contribution < -0.4 is 0 Å². The van der Waals surface area contributed by atoms with Crippen molar-refractivity contribution in [1.29, 1.82) is 0 Å². The number of carbonyl (C=O) groups excluding carboxylic acids is 1. The largest absolute Gasteiger partial charge is 0.465 e. The number of carbonyl (C=O) groups is 1. The van der Waals surface area contributed by atoms with Crippen LogP contribution in [0.25, 0.3) is 0 Å². The lowest BCUT2D eigenvalue weighted by molar-refractivity contribution is -0.175. The quantitative estimate of drug-likeness (QED) is 0.169. The van der Waals surface area contributed by atoms with E-state index in [-0.39, 0.29) is 16.8 Å². The fourth-order valence-corrected chi connectivity index (χ4v) is 8.42. The molecule has 2 heteroatoms. The van der Waals surface area contributed by atoms with Crippen molar-refractivity contribution in [3.63, 3.8) is 0 Å². The third-order valence-electron chi connectivity index (χ3n) is 10.7. The standard InChI is InChI=1S/C33H60O2/c1-3-5-7-8-9-10-18-28-35-31(34)33(24-16-12-17-25-33)32(23-15-6-4-2)26-21-30(22-27-32)29-19-13-11-14-20-29/h29-30H,3-28H2,1-2H3. The lowest BCUT2D eigenvalue weighted by Crippen LogP contribution is -2.52. The van der Waals surface area contributed by atoms with Crippen molar-refractivity contribution in [3.05, 3.63) is 0 Å². The molecular weight excluding hydrogens is 428 g/mol. The van der Waals surface area contributed by atoms with E-state index in [4.69, 9.17) is 4.74 Å². The average Bonchev–Trinajstić information content (AvgIpc) is 2.91. The lowest BCUT2D eigenvalue weighted by atomic mass is 9.49. The third-order valence-corrected chi connectivity index (χ3v) is 10.7. The summed E-state index contributed by atoms with van der Waals surface area (Å²) in [6.45, 7) is 5.25. The summed E-state index contributed by atoms with van der Waals surface area (Å²) in [5.74, 6) is 2.12. The zero-order valence-electron chi connectivity index (χ0n) is 23.9. The van der Waals surface area contributed by atoms with E-state index in [1.165, 1.54) is 141 Å². The summed E-state index contributed by atoms with van der Waals surface area (Å²) < 4.78 is 6.20. The Morgan fingerprint density at radius 1 is 0.629 bits per heavy atom. The van der Waals surface area contributed by atoms with E-state index < -0.39 is 0 Å². The molecule has 204 valence electrons. The smallest absolute Gasteiger partial charge is 0.312 e. The second kappa shape index (κ2) is 15.7. The number of hydrogen-bond acceptors (Lipinski definition) is 2. The summed E-state index contributed by atoms with van der Waals surface area (Å²) in [6, 6.07) is 0. The summed E-state index contributed by atoms with van der Waals surface area (Å²) in [5.41, 5.74) is 0.0304. The van der Waals surface area contributed by atoms with Gasteiger partial charge in [0.2, 0.25) is 0 Å². The predicted octanol–water partition coefficient (Wildman–Crippen LogP) is 10.6. The molecule has 0 heterocycles. The van der Waals surface area contributed by atoms with Gasteiger partial charge in [-0.15, -0.1) is 0 Å². The first-order chi connectivity index (χ1) is 17.2. The average molecular weight is 489 g/mol. The van der Waals surface area contributed by atoms with E-state index in [1.54, 1.807) is 0 Å². The highest BCUT2D eigenvalue weighted by molar-refractivity contribution is 5.78. The van der Waals surface area contributed by atoms with Gasteiger partial charge in [-0.05, 0) is 68.6 Å². The van der Waals surface area contributed by atoms with Gasteiger partial charge in [0.25, 0.3) is 0 Å². The van der Waals surface area contributed by atoms with Gasteiger partial charge in [0.05, 0.1) is 12.0 Å². The van der Waals surface area contributed by atoms with Crippen LogP contribution in [-0.4, -0.2) is 12.6 Å². The topological polar surface area (TPSA) is 26.3 Å². The van der Waals surface area contributed by atoms with Crippen LogP contribution >= 0.6 is 0 Å². The number of hydrogen-bond donors (Lipinski definition) is 0. The van der Waals surface area contributed by atoms with Crippen molar-refractivity contribution < 1.29 is 9.53 Å². The molecule has 0 amide bonds. The molecule has 0 atom stereocenters. The SMILES string of the molecule is CCCCCCCCCOC(=O)C1(C2(CCCCC)CCC(C3CCCCC3)CC2)CCCCC1. The van der Waals surface area contributed by atoms with Gasteiger partial charge in [-0.3, -0.25) is 4.79 Å². The summed E-state index contributed by atoms with van der Waals surface area (Å²) in [6.07, 6.45) is 32.7. The molecule has 0 radical (unpaired) electrons. The minimum atomic E-state index is -0.183. The van der Waals surface area contributed by atoms with E-state index in [2.05, 4.69) is 13.8 Å². The van der Waals surface area contributed by atoms with E-state index in [0.29, 0.717) is 6.61 Å². The maximum absolute atomic E-state index is 14.0. The van der Waals surface area contributed by atoms with Crippen LogP contribution in [0.2, 0.25) is 0 Å². The Morgan fingerprint density at radius 3 is 1.83 bits per heavy atom. The number of unbranched alkanes of at least 4 members (excludes halogenated alkanes) is 8. The van der Waals surface area contributed by atoms with Gasteiger partial charge in [-0.2, -0.15) is 0 Å². The normalized spacial score (nSPS) is 27.5. The molecule has 3 saturated carbocycles. The molecule has 0 spiro atoms. The Kier molecular flexibility index (Phi) is 13.0. The molecule has 2 nitrogen and oxygen atoms in total. The molecule has 0 aromatic heterocycles. The van der Waals surface area contributed by atoms with Crippen LogP contribution in [0.3, 0.4) is 0 Å². The Morgan fingerprint density at radius 2 is 1.17 bits per heavy atom.